The van der Waals surface area contributed by atoms with Crippen LogP contribution in [-0.4, -0.2) is 43.5 Å². The first-order valence-electron chi connectivity index (χ1n) is 10.7. The van der Waals surface area contributed by atoms with Crippen molar-refractivity contribution >= 4 is 22.2 Å². The van der Waals surface area contributed by atoms with Gasteiger partial charge >= 0.3 is 0 Å². The second-order valence-electron chi connectivity index (χ2n) is 8.02. The number of nitrogens with zero attached hydrogens (tertiary/aromatic N) is 5. The van der Waals surface area contributed by atoms with Gasteiger partial charge in [-0.1, -0.05) is 12.1 Å². The molecule has 32 heavy (non-hydrogen) atoms. The highest BCUT2D eigenvalue weighted by Gasteiger charge is 2.39. The van der Waals surface area contributed by atoms with Gasteiger partial charge in [-0.15, -0.1) is 11.3 Å². The molecule has 0 aliphatic carbocycles. The SMILES string of the molecule is CCc1nc(C)ccc1OCC(=O)N1CCc2nc3sccn3c2C1c1c(C)noc1C. The minimum absolute atomic E-state index is 0.0570. The molecule has 0 saturated carbocycles. The average molecular weight is 452 g/mol. The zero-order valence-corrected chi connectivity index (χ0v) is 19.4. The van der Waals surface area contributed by atoms with Crippen LogP contribution in [0.4, 0.5) is 0 Å². The summed E-state index contributed by atoms with van der Waals surface area (Å²) in [5.41, 5.74) is 5.50. The van der Waals surface area contributed by atoms with Gasteiger partial charge in [-0.2, -0.15) is 0 Å². The molecule has 0 spiro atoms. The number of ether oxygens (including phenoxy) is 1. The molecule has 1 aliphatic rings. The number of aryl methyl sites for hydroxylation is 4. The molecule has 8 nitrogen and oxygen atoms in total. The minimum atomic E-state index is -0.326. The lowest BCUT2D eigenvalue weighted by Crippen LogP contribution is -2.43. The highest BCUT2D eigenvalue weighted by molar-refractivity contribution is 7.15. The standard InChI is InChI=1S/C23H25N5O3S/c1-5-16-18(7-6-13(2)24-16)30-12-19(29)27-9-8-17-21(28-10-11-32-23(28)25-17)22(27)20-14(3)26-31-15(20)4/h6-7,10-11,22H,5,8-9,12H2,1-4H3. The number of rotatable bonds is 5. The number of carbonyl (C=O) groups excluding carboxylic acids is 1. The quantitative estimate of drug-likeness (QED) is 0.459. The lowest BCUT2D eigenvalue weighted by atomic mass is 9.94. The third-order valence-electron chi connectivity index (χ3n) is 5.98. The summed E-state index contributed by atoms with van der Waals surface area (Å²) in [5.74, 6) is 1.27. The van der Waals surface area contributed by atoms with Gasteiger partial charge in [0, 0.05) is 35.8 Å². The molecule has 0 fully saturated rings. The maximum Gasteiger partial charge on any atom is 0.261 e. The van der Waals surface area contributed by atoms with Gasteiger partial charge in [0.2, 0.25) is 0 Å². The number of pyridine rings is 1. The Hall–Kier alpha value is -3.20. The Bertz CT molecular complexity index is 1280. The summed E-state index contributed by atoms with van der Waals surface area (Å²) >= 11 is 1.59. The smallest absolute Gasteiger partial charge is 0.261 e. The van der Waals surface area contributed by atoms with Gasteiger partial charge in [-0.05, 0) is 39.3 Å². The first-order chi connectivity index (χ1) is 15.5. The van der Waals surface area contributed by atoms with E-state index in [0.29, 0.717) is 24.5 Å². The first-order valence-corrected chi connectivity index (χ1v) is 11.6. The van der Waals surface area contributed by atoms with Crippen molar-refractivity contribution < 1.29 is 14.1 Å². The summed E-state index contributed by atoms with van der Waals surface area (Å²) in [6, 6.07) is 3.46. The largest absolute Gasteiger partial charge is 0.482 e. The number of hydrogen-bond donors (Lipinski definition) is 0. The van der Waals surface area contributed by atoms with Gasteiger partial charge in [0.25, 0.3) is 5.91 Å². The highest BCUT2D eigenvalue weighted by Crippen LogP contribution is 2.39. The van der Waals surface area contributed by atoms with Gasteiger partial charge in [0.15, 0.2) is 11.6 Å². The number of imidazole rings is 1. The monoisotopic (exact) mass is 451 g/mol. The second-order valence-corrected chi connectivity index (χ2v) is 8.89. The molecular formula is C23H25N5O3S. The van der Waals surface area contributed by atoms with E-state index in [9.17, 15) is 4.79 Å². The number of hydrogen-bond acceptors (Lipinski definition) is 7. The normalized spacial score (nSPS) is 15.9. The van der Waals surface area contributed by atoms with E-state index in [4.69, 9.17) is 14.2 Å². The molecule has 0 N–H and O–H groups in total. The van der Waals surface area contributed by atoms with Crippen molar-refractivity contribution in [2.45, 2.75) is 46.6 Å². The molecule has 1 atom stereocenters. The molecule has 166 valence electrons. The summed E-state index contributed by atoms with van der Waals surface area (Å²) < 4.78 is 13.5. The number of aromatic nitrogens is 4. The van der Waals surface area contributed by atoms with Crippen LogP contribution in [0.2, 0.25) is 0 Å². The predicted octanol–water partition coefficient (Wildman–Crippen LogP) is 3.82. The Labute approximate surface area is 189 Å². The third kappa shape index (κ3) is 3.37. The van der Waals surface area contributed by atoms with Crippen LogP contribution in [0.1, 0.15) is 52.8 Å². The van der Waals surface area contributed by atoms with Gasteiger partial charge in [0.1, 0.15) is 17.6 Å². The number of amides is 1. The Morgan fingerprint density at radius 3 is 2.88 bits per heavy atom. The van der Waals surface area contributed by atoms with E-state index >= 15 is 0 Å². The van der Waals surface area contributed by atoms with Crippen LogP contribution in [0.25, 0.3) is 4.96 Å². The maximum absolute atomic E-state index is 13.5. The molecule has 1 unspecified atom stereocenters. The van der Waals surface area contributed by atoms with Crippen LogP contribution in [0, 0.1) is 20.8 Å². The van der Waals surface area contributed by atoms with E-state index in [1.54, 1.807) is 11.3 Å². The van der Waals surface area contributed by atoms with Crippen LogP contribution >= 0.6 is 11.3 Å². The van der Waals surface area contributed by atoms with Crippen molar-refractivity contribution in [1.82, 2.24) is 24.4 Å². The summed E-state index contributed by atoms with van der Waals surface area (Å²) in [7, 11) is 0. The summed E-state index contributed by atoms with van der Waals surface area (Å²) in [4.78, 5) is 25.6. The van der Waals surface area contributed by atoms with E-state index in [0.717, 1.165) is 45.4 Å². The molecule has 1 aliphatic heterocycles. The molecule has 9 heteroatoms. The Morgan fingerprint density at radius 2 is 2.12 bits per heavy atom. The van der Waals surface area contributed by atoms with Crippen molar-refractivity contribution in [2.24, 2.45) is 0 Å². The predicted molar refractivity (Wildman–Crippen MR) is 120 cm³/mol. The number of fused-ring (bicyclic) bond motifs is 3. The summed E-state index contributed by atoms with van der Waals surface area (Å²) in [5, 5.41) is 6.16. The summed E-state index contributed by atoms with van der Waals surface area (Å²) in [6.07, 6.45) is 3.45. The Morgan fingerprint density at radius 1 is 1.28 bits per heavy atom. The molecule has 4 aromatic rings. The topological polar surface area (TPSA) is 85.8 Å². The van der Waals surface area contributed by atoms with Crippen molar-refractivity contribution in [3.63, 3.8) is 0 Å². The van der Waals surface area contributed by atoms with Crippen LogP contribution in [0.3, 0.4) is 0 Å². The van der Waals surface area contributed by atoms with Crippen molar-refractivity contribution in [3.05, 3.63) is 63.5 Å². The van der Waals surface area contributed by atoms with Gasteiger partial charge in [-0.3, -0.25) is 14.2 Å². The highest BCUT2D eigenvalue weighted by atomic mass is 32.1. The lowest BCUT2D eigenvalue weighted by Gasteiger charge is -2.35. The molecule has 0 aromatic carbocycles. The molecule has 0 radical (unpaired) electrons. The molecule has 5 heterocycles. The Kier molecular flexibility index (Phi) is 5.21. The van der Waals surface area contributed by atoms with Crippen molar-refractivity contribution in [3.8, 4) is 5.75 Å². The zero-order chi connectivity index (χ0) is 22.4. The van der Waals surface area contributed by atoms with Gasteiger partial charge in [0.05, 0.1) is 22.8 Å². The average Bonchev–Trinajstić information content (AvgIpc) is 3.46. The van der Waals surface area contributed by atoms with E-state index in [2.05, 4.69) is 14.5 Å². The van der Waals surface area contributed by atoms with Crippen molar-refractivity contribution in [1.29, 1.82) is 0 Å². The van der Waals surface area contributed by atoms with E-state index < -0.39 is 0 Å². The first kappa shape index (κ1) is 20.7. The van der Waals surface area contributed by atoms with Crippen LogP contribution in [-0.2, 0) is 17.6 Å². The maximum atomic E-state index is 13.5. The molecule has 4 aromatic heterocycles. The number of thiazole rings is 1. The fourth-order valence-corrected chi connectivity index (χ4v) is 5.21. The Balaban J connectivity index is 1.50. The van der Waals surface area contributed by atoms with E-state index in [-0.39, 0.29) is 18.6 Å². The summed E-state index contributed by atoms with van der Waals surface area (Å²) in [6.45, 7) is 8.28. The molecule has 1 amide bonds. The molecule has 0 bridgehead atoms. The second kappa shape index (κ2) is 8.05. The van der Waals surface area contributed by atoms with Crippen LogP contribution in [0.5, 0.6) is 5.75 Å². The molecule has 5 rings (SSSR count). The lowest BCUT2D eigenvalue weighted by molar-refractivity contribution is -0.135. The fourth-order valence-electron chi connectivity index (χ4n) is 4.47. The zero-order valence-electron chi connectivity index (χ0n) is 18.6. The van der Waals surface area contributed by atoms with Crippen LogP contribution < -0.4 is 4.74 Å². The third-order valence-corrected chi connectivity index (χ3v) is 6.73. The van der Waals surface area contributed by atoms with Crippen LogP contribution in [0.15, 0.2) is 28.2 Å². The van der Waals surface area contributed by atoms with Crippen molar-refractivity contribution in [2.75, 3.05) is 13.2 Å². The molecule has 0 saturated heterocycles. The van der Waals surface area contributed by atoms with Gasteiger partial charge in [-0.25, -0.2) is 4.98 Å². The minimum Gasteiger partial charge on any atom is -0.482 e. The number of carbonyl (C=O) groups is 1. The fraction of sp³-hybridized carbons (Fsp3) is 0.391. The molecular weight excluding hydrogens is 426 g/mol. The van der Waals surface area contributed by atoms with E-state index in [1.165, 1.54) is 0 Å². The van der Waals surface area contributed by atoms with Gasteiger partial charge < -0.3 is 14.2 Å². The van der Waals surface area contributed by atoms with E-state index in [1.807, 2.05) is 56.3 Å².